The molecule has 0 bridgehead atoms. The van der Waals surface area contributed by atoms with Crippen molar-refractivity contribution in [1.82, 2.24) is 10.6 Å². The molecule has 0 fully saturated rings. The number of alkyl carbamates (subject to hydrolysis) is 1. The summed E-state index contributed by atoms with van der Waals surface area (Å²) >= 11 is 0. The minimum atomic E-state index is -0.436. The van der Waals surface area contributed by atoms with E-state index in [1.165, 1.54) is 0 Å². The third-order valence-electron chi connectivity index (χ3n) is 2.33. The maximum atomic E-state index is 11.6. The molecule has 4 heteroatoms. The Morgan fingerprint density at radius 2 is 1.89 bits per heavy atom. The van der Waals surface area contributed by atoms with Crippen LogP contribution in [0.25, 0.3) is 0 Å². The van der Waals surface area contributed by atoms with E-state index in [1.54, 1.807) is 0 Å². The van der Waals surface area contributed by atoms with Crippen LogP contribution in [0, 0.1) is 5.92 Å². The molecule has 1 amide bonds. The van der Waals surface area contributed by atoms with Crippen LogP contribution in [0.1, 0.15) is 54.4 Å². The Hall–Kier alpha value is -0.770. The lowest BCUT2D eigenvalue weighted by Crippen LogP contribution is -2.43. The molecule has 0 aliphatic carbocycles. The molecule has 1 atom stereocenters. The SMILES string of the molecule is CCCNC(CNC(=O)OC(C)(C)C)CC(C)C. The lowest BCUT2D eigenvalue weighted by Gasteiger charge is -2.23. The van der Waals surface area contributed by atoms with Crippen LogP contribution < -0.4 is 10.6 Å². The molecule has 0 aromatic rings. The van der Waals surface area contributed by atoms with Crippen molar-refractivity contribution in [3.63, 3.8) is 0 Å². The number of carbonyl (C=O) groups excluding carboxylic acids is 1. The van der Waals surface area contributed by atoms with E-state index in [0.717, 1.165) is 19.4 Å². The van der Waals surface area contributed by atoms with E-state index in [9.17, 15) is 4.79 Å². The molecule has 0 aliphatic rings. The first-order valence-electron chi connectivity index (χ1n) is 6.94. The largest absolute Gasteiger partial charge is 0.444 e. The maximum Gasteiger partial charge on any atom is 0.407 e. The summed E-state index contributed by atoms with van der Waals surface area (Å²) in [6.45, 7) is 13.7. The van der Waals surface area contributed by atoms with Crippen molar-refractivity contribution < 1.29 is 9.53 Å². The van der Waals surface area contributed by atoms with Gasteiger partial charge in [-0.1, -0.05) is 20.8 Å². The molecule has 0 radical (unpaired) electrons. The zero-order valence-corrected chi connectivity index (χ0v) is 12.8. The fraction of sp³-hybridized carbons (Fsp3) is 0.929. The van der Waals surface area contributed by atoms with Crippen LogP contribution in [0.2, 0.25) is 0 Å². The van der Waals surface area contributed by atoms with E-state index in [2.05, 4.69) is 31.4 Å². The molecule has 0 saturated carbocycles. The van der Waals surface area contributed by atoms with Crippen molar-refractivity contribution in [2.45, 2.75) is 66.0 Å². The normalized spacial score (nSPS) is 13.5. The van der Waals surface area contributed by atoms with Crippen LogP contribution in [-0.2, 0) is 4.74 Å². The number of amides is 1. The summed E-state index contributed by atoms with van der Waals surface area (Å²) in [6.07, 6.45) is 1.81. The van der Waals surface area contributed by atoms with Gasteiger partial charge in [-0.25, -0.2) is 4.79 Å². The Morgan fingerprint density at radius 1 is 1.28 bits per heavy atom. The summed E-state index contributed by atoms with van der Waals surface area (Å²) in [4.78, 5) is 11.6. The molecule has 0 heterocycles. The van der Waals surface area contributed by atoms with Gasteiger partial charge in [0.05, 0.1) is 0 Å². The van der Waals surface area contributed by atoms with Crippen LogP contribution in [0.4, 0.5) is 4.79 Å². The fourth-order valence-electron chi connectivity index (χ4n) is 1.68. The van der Waals surface area contributed by atoms with Gasteiger partial charge in [0.15, 0.2) is 0 Å². The summed E-state index contributed by atoms with van der Waals surface area (Å²) in [5.74, 6) is 0.611. The second kappa shape index (κ2) is 8.35. The average Bonchev–Trinajstić information content (AvgIpc) is 2.19. The van der Waals surface area contributed by atoms with Gasteiger partial charge >= 0.3 is 6.09 Å². The third kappa shape index (κ3) is 10.4. The molecule has 0 aliphatic heterocycles. The van der Waals surface area contributed by atoms with Crippen LogP contribution in [0.15, 0.2) is 0 Å². The number of rotatable bonds is 7. The van der Waals surface area contributed by atoms with Crippen LogP contribution in [0.3, 0.4) is 0 Å². The topological polar surface area (TPSA) is 50.4 Å². The Kier molecular flexibility index (Phi) is 8.00. The number of nitrogens with one attached hydrogen (secondary N) is 2. The molecule has 0 aromatic heterocycles. The molecule has 1 unspecified atom stereocenters. The summed E-state index contributed by atoms with van der Waals surface area (Å²) in [5, 5.41) is 6.28. The summed E-state index contributed by atoms with van der Waals surface area (Å²) < 4.78 is 5.22. The second-order valence-electron chi connectivity index (χ2n) is 6.16. The number of ether oxygens (including phenoxy) is 1. The Morgan fingerprint density at radius 3 is 2.33 bits per heavy atom. The van der Waals surface area contributed by atoms with Crippen LogP contribution >= 0.6 is 0 Å². The van der Waals surface area contributed by atoms with Crippen molar-refractivity contribution in [2.75, 3.05) is 13.1 Å². The average molecular weight is 258 g/mol. The van der Waals surface area contributed by atoms with E-state index in [1.807, 2.05) is 20.8 Å². The first kappa shape index (κ1) is 17.2. The van der Waals surface area contributed by atoms with E-state index in [4.69, 9.17) is 4.74 Å². The summed E-state index contributed by atoms with van der Waals surface area (Å²) in [5.41, 5.74) is -0.436. The van der Waals surface area contributed by atoms with Gasteiger partial charge in [-0.2, -0.15) is 0 Å². The molecule has 108 valence electrons. The highest BCUT2D eigenvalue weighted by molar-refractivity contribution is 5.67. The predicted octanol–water partition coefficient (Wildman–Crippen LogP) is 2.93. The van der Waals surface area contributed by atoms with Gasteiger partial charge < -0.3 is 15.4 Å². The Labute approximate surface area is 112 Å². The van der Waals surface area contributed by atoms with Crippen LogP contribution in [0.5, 0.6) is 0 Å². The molecular weight excluding hydrogens is 228 g/mol. The molecule has 0 saturated heterocycles. The predicted molar refractivity (Wildman–Crippen MR) is 75.8 cm³/mol. The maximum absolute atomic E-state index is 11.6. The van der Waals surface area contributed by atoms with Crippen molar-refractivity contribution in [3.8, 4) is 0 Å². The van der Waals surface area contributed by atoms with Gasteiger partial charge in [0.25, 0.3) is 0 Å². The van der Waals surface area contributed by atoms with Crippen molar-refractivity contribution in [3.05, 3.63) is 0 Å². The molecule has 0 rings (SSSR count). The monoisotopic (exact) mass is 258 g/mol. The highest BCUT2D eigenvalue weighted by Gasteiger charge is 2.17. The van der Waals surface area contributed by atoms with Gasteiger partial charge in [-0.15, -0.1) is 0 Å². The van der Waals surface area contributed by atoms with E-state index < -0.39 is 5.60 Å². The Bertz CT molecular complexity index is 234. The number of hydrogen-bond acceptors (Lipinski definition) is 3. The molecule has 2 N–H and O–H groups in total. The van der Waals surface area contributed by atoms with Crippen molar-refractivity contribution in [1.29, 1.82) is 0 Å². The first-order valence-corrected chi connectivity index (χ1v) is 6.94. The minimum Gasteiger partial charge on any atom is -0.444 e. The number of hydrogen-bond donors (Lipinski definition) is 2. The summed E-state index contributed by atoms with van der Waals surface area (Å²) in [7, 11) is 0. The first-order chi connectivity index (χ1) is 8.24. The quantitative estimate of drug-likeness (QED) is 0.738. The lowest BCUT2D eigenvalue weighted by atomic mass is 10.0. The molecule has 4 nitrogen and oxygen atoms in total. The van der Waals surface area contributed by atoms with E-state index in [-0.39, 0.29) is 6.09 Å². The molecular formula is C14H30N2O2. The van der Waals surface area contributed by atoms with Gasteiger partial charge in [-0.3, -0.25) is 0 Å². The third-order valence-corrected chi connectivity index (χ3v) is 2.33. The smallest absolute Gasteiger partial charge is 0.407 e. The van der Waals surface area contributed by atoms with Crippen LogP contribution in [-0.4, -0.2) is 30.8 Å². The zero-order chi connectivity index (χ0) is 14.2. The highest BCUT2D eigenvalue weighted by Crippen LogP contribution is 2.07. The second-order valence-corrected chi connectivity index (χ2v) is 6.16. The molecule has 0 spiro atoms. The van der Waals surface area contributed by atoms with Crippen molar-refractivity contribution in [2.24, 2.45) is 5.92 Å². The zero-order valence-electron chi connectivity index (χ0n) is 12.8. The van der Waals surface area contributed by atoms with E-state index in [0.29, 0.717) is 18.5 Å². The minimum absolute atomic E-state index is 0.317. The standard InChI is InChI=1S/C14H30N2O2/c1-7-8-15-12(9-11(2)3)10-16-13(17)18-14(4,5)6/h11-12,15H,7-10H2,1-6H3,(H,16,17). The van der Waals surface area contributed by atoms with Gasteiger partial charge in [0.1, 0.15) is 5.60 Å². The molecule has 18 heavy (non-hydrogen) atoms. The molecule has 0 aromatic carbocycles. The van der Waals surface area contributed by atoms with E-state index >= 15 is 0 Å². The van der Waals surface area contributed by atoms with Crippen molar-refractivity contribution >= 4 is 6.09 Å². The van der Waals surface area contributed by atoms with Gasteiger partial charge in [-0.05, 0) is 46.1 Å². The summed E-state index contributed by atoms with van der Waals surface area (Å²) in [6, 6.07) is 0.317. The number of carbonyl (C=O) groups is 1. The van der Waals surface area contributed by atoms with Gasteiger partial charge in [0, 0.05) is 12.6 Å². The lowest BCUT2D eigenvalue weighted by molar-refractivity contribution is 0.0521. The Balaban J connectivity index is 4.04. The highest BCUT2D eigenvalue weighted by atomic mass is 16.6. The van der Waals surface area contributed by atoms with Gasteiger partial charge in [0.2, 0.25) is 0 Å². The fourth-order valence-corrected chi connectivity index (χ4v) is 1.68.